The summed E-state index contributed by atoms with van der Waals surface area (Å²) in [6.45, 7) is 2.25. The molecule has 3 rings (SSSR count). The van der Waals surface area contributed by atoms with E-state index >= 15 is 0 Å². The van der Waals surface area contributed by atoms with Crippen LogP contribution in [0.1, 0.15) is 35.2 Å². The van der Waals surface area contributed by atoms with E-state index in [1.165, 1.54) is 0 Å². The molecule has 1 fully saturated rings. The van der Waals surface area contributed by atoms with Gasteiger partial charge in [0.15, 0.2) is 0 Å². The average molecular weight is 431 g/mol. The van der Waals surface area contributed by atoms with E-state index in [1.807, 2.05) is 35.2 Å². The van der Waals surface area contributed by atoms with Crippen LogP contribution in [0.2, 0.25) is 5.02 Å². The number of rotatable bonds is 8. The number of halogens is 1. The van der Waals surface area contributed by atoms with Crippen molar-refractivity contribution < 1.29 is 19.1 Å². The molecule has 1 N–H and O–H groups in total. The Balaban J connectivity index is 1.44. The van der Waals surface area contributed by atoms with E-state index in [0.717, 1.165) is 24.2 Å². The van der Waals surface area contributed by atoms with E-state index < -0.39 is 0 Å². The van der Waals surface area contributed by atoms with Crippen molar-refractivity contribution in [2.45, 2.75) is 31.9 Å². The second kappa shape index (κ2) is 11.0. The molecule has 0 spiro atoms. The molecule has 7 heteroatoms. The Morgan fingerprint density at radius 2 is 1.87 bits per heavy atom. The molecular weight excluding hydrogens is 404 g/mol. The Hall–Kier alpha value is -2.57. The van der Waals surface area contributed by atoms with E-state index in [9.17, 15) is 9.59 Å². The second-order valence-corrected chi connectivity index (χ2v) is 7.71. The molecule has 0 bridgehead atoms. The van der Waals surface area contributed by atoms with Gasteiger partial charge in [-0.15, -0.1) is 0 Å². The number of nitrogens with one attached hydrogen (secondary N) is 1. The maximum atomic E-state index is 12.3. The number of amides is 2. The van der Waals surface area contributed by atoms with Crippen molar-refractivity contribution in [3.8, 4) is 5.75 Å². The molecule has 2 amide bonds. The summed E-state index contributed by atoms with van der Waals surface area (Å²) >= 11 is 5.97. The zero-order valence-electron chi connectivity index (χ0n) is 17.1. The number of likely N-dealkylation sites (tertiary alicyclic amines) is 1. The Morgan fingerprint density at radius 1 is 1.13 bits per heavy atom. The summed E-state index contributed by atoms with van der Waals surface area (Å²) in [7, 11) is 1.60. The van der Waals surface area contributed by atoms with Gasteiger partial charge in [0.1, 0.15) is 11.9 Å². The molecule has 0 saturated carbocycles. The van der Waals surface area contributed by atoms with E-state index in [2.05, 4.69) is 5.32 Å². The van der Waals surface area contributed by atoms with Crippen LogP contribution in [0.15, 0.2) is 48.5 Å². The molecule has 0 unspecified atom stereocenters. The van der Waals surface area contributed by atoms with E-state index in [-0.39, 0.29) is 17.9 Å². The zero-order valence-corrected chi connectivity index (χ0v) is 17.9. The van der Waals surface area contributed by atoms with E-state index in [4.69, 9.17) is 21.1 Å². The van der Waals surface area contributed by atoms with Gasteiger partial charge in [0.2, 0.25) is 5.91 Å². The first-order valence-electron chi connectivity index (χ1n) is 10.1. The molecule has 1 heterocycles. The van der Waals surface area contributed by atoms with Crippen LogP contribution in [0.5, 0.6) is 5.75 Å². The van der Waals surface area contributed by atoms with Crippen molar-refractivity contribution in [3.63, 3.8) is 0 Å². The second-order valence-electron chi connectivity index (χ2n) is 7.28. The third kappa shape index (κ3) is 6.47. The van der Waals surface area contributed by atoms with Gasteiger partial charge in [-0.3, -0.25) is 9.59 Å². The highest BCUT2D eigenvalue weighted by atomic mass is 35.5. The minimum atomic E-state index is -0.149. The topological polar surface area (TPSA) is 67.9 Å². The van der Waals surface area contributed by atoms with Gasteiger partial charge in [0, 0.05) is 50.2 Å². The van der Waals surface area contributed by atoms with Crippen molar-refractivity contribution in [2.24, 2.45) is 0 Å². The quantitative estimate of drug-likeness (QED) is 0.693. The minimum absolute atomic E-state index is 0.0685. The number of nitrogens with zero attached hydrogens (tertiary/aromatic N) is 1. The molecule has 6 nitrogen and oxygen atoms in total. The van der Waals surface area contributed by atoms with Gasteiger partial charge in [-0.25, -0.2) is 0 Å². The lowest BCUT2D eigenvalue weighted by Gasteiger charge is -2.32. The predicted molar refractivity (Wildman–Crippen MR) is 116 cm³/mol. The zero-order chi connectivity index (χ0) is 21.3. The van der Waals surface area contributed by atoms with Crippen molar-refractivity contribution >= 4 is 23.4 Å². The molecule has 1 aliphatic heterocycles. The Bertz CT molecular complexity index is 849. The summed E-state index contributed by atoms with van der Waals surface area (Å²) in [5.74, 6) is 0.707. The normalized spacial score (nSPS) is 14.4. The lowest BCUT2D eigenvalue weighted by atomic mass is 10.1. The molecule has 1 aliphatic rings. The summed E-state index contributed by atoms with van der Waals surface area (Å²) < 4.78 is 11.0. The van der Waals surface area contributed by atoms with Gasteiger partial charge >= 0.3 is 0 Å². The predicted octanol–water partition coefficient (Wildman–Crippen LogP) is 3.68. The number of piperidine rings is 1. The first-order valence-corrected chi connectivity index (χ1v) is 10.5. The third-order valence-electron chi connectivity index (χ3n) is 5.08. The SMILES string of the molecule is COCCC(=O)N1CCC(Oc2ccc(C(=O)NCc3cccc(Cl)c3)cc2)CC1. The number of carbonyl (C=O) groups is 2. The molecule has 2 aromatic rings. The highest BCUT2D eigenvalue weighted by Crippen LogP contribution is 2.20. The third-order valence-corrected chi connectivity index (χ3v) is 5.31. The number of ether oxygens (including phenoxy) is 2. The Kier molecular flexibility index (Phi) is 8.11. The van der Waals surface area contributed by atoms with Crippen LogP contribution in [-0.2, 0) is 16.1 Å². The Morgan fingerprint density at radius 3 is 2.53 bits per heavy atom. The standard InChI is InChI=1S/C23H27ClN2O4/c1-29-14-11-22(27)26-12-9-21(10-13-26)30-20-7-5-18(6-8-20)23(28)25-16-17-3-2-4-19(24)15-17/h2-8,15,21H,9-14,16H2,1H3,(H,25,28). The molecule has 160 valence electrons. The van der Waals surface area contributed by atoms with Gasteiger partial charge in [0.05, 0.1) is 13.0 Å². The molecule has 1 saturated heterocycles. The van der Waals surface area contributed by atoms with Crippen LogP contribution < -0.4 is 10.1 Å². The van der Waals surface area contributed by atoms with Crippen LogP contribution in [0.3, 0.4) is 0 Å². The smallest absolute Gasteiger partial charge is 0.251 e. The summed E-state index contributed by atoms with van der Waals surface area (Å²) in [6, 6.07) is 14.5. The van der Waals surface area contributed by atoms with Crippen molar-refractivity contribution in [1.29, 1.82) is 0 Å². The maximum Gasteiger partial charge on any atom is 0.251 e. The Labute approximate surface area is 182 Å². The lowest BCUT2D eigenvalue weighted by Crippen LogP contribution is -2.42. The van der Waals surface area contributed by atoms with Crippen LogP contribution in [0.25, 0.3) is 0 Å². The van der Waals surface area contributed by atoms with Crippen molar-refractivity contribution in [2.75, 3.05) is 26.8 Å². The van der Waals surface area contributed by atoms with E-state index in [1.54, 1.807) is 25.3 Å². The molecule has 0 atom stereocenters. The molecular formula is C23H27ClN2O4. The molecule has 0 aliphatic carbocycles. The number of hydrogen-bond donors (Lipinski definition) is 1. The fourth-order valence-corrected chi connectivity index (χ4v) is 3.59. The fourth-order valence-electron chi connectivity index (χ4n) is 3.38. The highest BCUT2D eigenvalue weighted by Gasteiger charge is 2.23. The van der Waals surface area contributed by atoms with Gasteiger partial charge < -0.3 is 19.7 Å². The summed E-state index contributed by atoms with van der Waals surface area (Å²) in [6.07, 6.45) is 2.07. The van der Waals surface area contributed by atoms with Crippen LogP contribution in [0, 0.1) is 0 Å². The first kappa shape index (κ1) is 22.1. The molecule has 30 heavy (non-hydrogen) atoms. The average Bonchev–Trinajstić information content (AvgIpc) is 2.77. The van der Waals surface area contributed by atoms with Crippen molar-refractivity contribution in [1.82, 2.24) is 10.2 Å². The van der Waals surface area contributed by atoms with Gasteiger partial charge in [0.25, 0.3) is 5.91 Å². The number of hydrogen-bond acceptors (Lipinski definition) is 4. The largest absolute Gasteiger partial charge is 0.490 e. The van der Waals surface area contributed by atoms with E-state index in [0.29, 0.717) is 43.2 Å². The summed E-state index contributed by atoms with van der Waals surface area (Å²) in [5, 5.41) is 3.54. The van der Waals surface area contributed by atoms with Crippen LogP contribution in [0.4, 0.5) is 0 Å². The van der Waals surface area contributed by atoms with Gasteiger partial charge in [-0.1, -0.05) is 23.7 Å². The van der Waals surface area contributed by atoms with Gasteiger partial charge in [-0.2, -0.15) is 0 Å². The van der Waals surface area contributed by atoms with Crippen molar-refractivity contribution in [3.05, 3.63) is 64.7 Å². The summed E-state index contributed by atoms with van der Waals surface area (Å²) in [4.78, 5) is 26.3. The molecule has 0 radical (unpaired) electrons. The highest BCUT2D eigenvalue weighted by molar-refractivity contribution is 6.30. The minimum Gasteiger partial charge on any atom is -0.490 e. The fraction of sp³-hybridized carbons (Fsp3) is 0.391. The van der Waals surface area contributed by atoms with Gasteiger partial charge in [-0.05, 0) is 42.0 Å². The lowest BCUT2D eigenvalue weighted by molar-refractivity contribution is -0.133. The van der Waals surface area contributed by atoms with Crippen LogP contribution >= 0.6 is 11.6 Å². The first-order chi connectivity index (χ1) is 14.5. The monoisotopic (exact) mass is 430 g/mol. The number of methoxy groups -OCH3 is 1. The maximum absolute atomic E-state index is 12.3. The molecule has 2 aromatic carbocycles. The molecule has 0 aromatic heterocycles. The number of benzene rings is 2. The summed E-state index contributed by atoms with van der Waals surface area (Å²) in [5.41, 5.74) is 1.52. The number of carbonyl (C=O) groups excluding carboxylic acids is 2. The van der Waals surface area contributed by atoms with Crippen LogP contribution in [-0.4, -0.2) is 49.6 Å².